The summed E-state index contributed by atoms with van der Waals surface area (Å²) in [5.74, 6) is 5.17. The van der Waals surface area contributed by atoms with Gasteiger partial charge in [-0.2, -0.15) is 0 Å². The molecule has 19 heavy (non-hydrogen) atoms. The molecule has 0 saturated carbocycles. The van der Waals surface area contributed by atoms with Crippen LogP contribution in [0.4, 0.5) is 0 Å². The molecule has 0 aliphatic rings. The highest BCUT2D eigenvalue weighted by Crippen LogP contribution is 2.38. The van der Waals surface area contributed by atoms with E-state index in [4.69, 9.17) is 38.3 Å². The predicted molar refractivity (Wildman–Crippen MR) is 69.8 cm³/mol. The highest BCUT2D eigenvalue weighted by atomic mass is 35.5. The number of hydrogen-bond donors (Lipinski definition) is 2. The lowest BCUT2D eigenvalue weighted by atomic mass is 10.1. The van der Waals surface area contributed by atoms with Gasteiger partial charge in [0.2, 0.25) is 0 Å². The summed E-state index contributed by atoms with van der Waals surface area (Å²) in [4.78, 5) is 11.1. The molecule has 3 N–H and O–H groups in total. The van der Waals surface area contributed by atoms with Gasteiger partial charge in [0.15, 0.2) is 12.4 Å². The Bertz CT molecular complexity index is 587. The van der Waals surface area contributed by atoms with E-state index in [2.05, 4.69) is 5.16 Å². The number of nitrogens with zero attached hydrogens (tertiary/aromatic N) is 1. The first-order chi connectivity index (χ1) is 9.11. The van der Waals surface area contributed by atoms with Crippen LogP contribution in [-0.2, 0) is 4.79 Å². The van der Waals surface area contributed by atoms with Crippen molar-refractivity contribution in [3.05, 3.63) is 34.4 Å². The number of benzene rings is 1. The van der Waals surface area contributed by atoms with Gasteiger partial charge >= 0.3 is 0 Å². The zero-order valence-electron chi connectivity index (χ0n) is 9.52. The molecule has 0 unspecified atom stereocenters. The quantitative estimate of drug-likeness (QED) is 0.512. The summed E-state index contributed by atoms with van der Waals surface area (Å²) in [7, 11) is 0. The van der Waals surface area contributed by atoms with Gasteiger partial charge < -0.3 is 9.26 Å². The summed E-state index contributed by atoms with van der Waals surface area (Å²) < 4.78 is 10.4. The molecular weight excluding hydrogens is 293 g/mol. The van der Waals surface area contributed by atoms with Crippen molar-refractivity contribution in [2.75, 3.05) is 6.61 Å². The zero-order valence-corrected chi connectivity index (χ0v) is 11.0. The van der Waals surface area contributed by atoms with Crippen LogP contribution in [0.5, 0.6) is 5.75 Å². The number of carbonyl (C=O) groups is 1. The summed E-state index contributed by atoms with van der Waals surface area (Å²) >= 11 is 12.0. The summed E-state index contributed by atoms with van der Waals surface area (Å²) in [5, 5.41) is 4.26. The van der Waals surface area contributed by atoms with Crippen LogP contribution >= 0.6 is 23.2 Å². The standard InChI is InChI=1S/C11H9Cl2N3O3/c12-6-3-7(9-1-2-15-19-9)11(8(13)4-6)18-5-10(17)16-14/h1-4H,5,14H2,(H,16,17). The molecule has 0 atom stereocenters. The number of amides is 1. The molecule has 2 aromatic rings. The molecule has 1 heterocycles. The largest absolute Gasteiger partial charge is 0.481 e. The van der Waals surface area contributed by atoms with Gasteiger partial charge in [-0.3, -0.25) is 10.2 Å². The lowest BCUT2D eigenvalue weighted by molar-refractivity contribution is -0.123. The fourth-order valence-electron chi connectivity index (χ4n) is 1.42. The van der Waals surface area contributed by atoms with Crippen molar-refractivity contribution in [1.82, 2.24) is 10.6 Å². The first kappa shape index (κ1) is 13.7. The normalized spacial score (nSPS) is 10.3. The van der Waals surface area contributed by atoms with Crippen LogP contribution in [0.1, 0.15) is 0 Å². The second kappa shape index (κ2) is 5.92. The molecule has 0 spiro atoms. The van der Waals surface area contributed by atoms with Crippen LogP contribution in [0.25, 0.3) is 11.3 Å². The van der Waals surface area contributed by atoms with Crippen LogP contribution < -0.4 is 16.0 Å². The third-order valence-corrected chi connectivity index (χ3v) is 2.72. The minimum absolute atomic E-state index is 0.253. The Morgan fingerprint density at radius 2 is 2.26 bits per heavy atom. The minimum Gasteiger partial charge on any atom is -0.481 e. The second-order valence-corrected chi connectivity index (χ2v) is 4.34. The van der Waals surface area contributed by atoms with Gasteiger partial charge in [-0.15, -0.1) is 0 Å². The number of aromatic nitrogens is 1. The number of hydrogen-bond acceptors (Lipinski definition) is 5. The van der Waals surface area contributed by atoms with Gasteiger partial charge in [0.25, 0.3) is 5.91 Å². The third kappa shape index (κ3) is 3.17. The van der Waals surface area contributed by atoms with Crippen molar-refractivity contribution in [3.8, 4) is 17.1 Å². The lowest BCUT2D eigenvalue weighted by Gasteiger charge is -2.11. The highest BCUT2D eigenvalue weighted by Gasteiger charge is 2.16. The minimum atomic E-state index is -0.491. The van der Waals surface area contributed by atoms with E-state index in [0.29, 0.717) is 16.3 Å². The average Bonchev–Trinajstić information content (AvgIpc) is 2.90. The van der Waals surface area contributed by atoms with E-state index >= 15 is 0 Å². The fourth-order valence-corrected chi connectivity index (χ4v) is 1.97. The van der Waals surface area contributed by atoms with Gasteiger partial charge in [-0.05, 0) is 12.1 Å². The van der Waals surface area contributed by atoms with Crippen molar-refractivity contribution in [1.29, 1.82) is 0 Å². The monoisotopic (exact) mass is 301 g/mol. The lowest BCUT2D eigenvalue weighted by Crippen LogP contribution is -2.34. The maximum Gasteiger partial charge on any atom is 0.271 e. The summed E-state index contributed by atoms with van der Waals surface area (Å²) in [6, 6.07) is 4.72. The molecule has 0 bridgehead atoms. The van der Waals surface area contributed by atoms with Crippen molar-refractivity contribution in [2.24, 2.45) is 5.84 Å². The van der Waals surface area contributed by atoms with E-state index in [1.165, 1.54) is 12.3 Å². The highest BCUT2D eigenvalue weighted by molar-refractivity contribution is 6.36. The molecule has 1 aromatic carbocycles. The van der Waals surface area contributed by atoms with Crippen LogP contribution in [0.3, 0.4) is 0 Å². The average molecular weight is 302 g/mol. The Hall–Kier alpha value is -1.76. The second-order valence-electron chi connectivity index (χ2n) is 3.50. The Kier molecular flexibility index (Phi) is 4.26. The van der Waals surface area contributed by atoms with Crippen LogP contribution in [0, 0.1) is 0 Å². The van der Waals surface area contributed by atoms with Crippen molar-refractivity contribution < 1.29 is 14.1 Å². The van der Waals surface area contributed by atoms with E-state index < -0.39 is 5.91 Å². The van der Waals surface area contributed by atoms with Gasteiger partial charge in [0, 0.05) is 11.1 Å². The molecule has 0 aliphatic heterocycles. The maximum absolute atomic E-state index is 11.1. The number of nitrogens with two attached hydrogens (primary N) is 1. The molecule has 1 amide bonds. The smallest absolute Gasteiger partial charge is 0.271 e. The van der Waals surface area contributed by atoms with E-state index in [1.807, 2.05) is 5.43 Å². The van der Waals surface area contributed by atoms with E-state index in [9.17, 15) is 4.79 Å². The first-order valence-corrected chi connectivity index (χ1v) is 5.89. The molecule has 0 radical (unpaired) electrons. The molecule has 0 fully saturated rings. The number of nitrogens with one attached hydrogen (secondary N) is 1. The molecule has 0 saturated heterocycles. The fraction of sp³-hybridized carbons (Fsp3) is 0.0909. The molecule has 100 valence electrons. The Morgan fingerprint density at radius 3 is 2.89 bits per heavy atom. The summed E-state index contributed by atoms with van der Waals surface area (Å²) in [6.45, 7) is -0.279. The number of hydrazine groups is 1. The van der Waals surface area contributed by atoms with Gasteiger partial charge in [0.1, 0.15) is 5.75 Å². The van der Waals surface area contributed by atoms with Crippen molar-refractivity contribution >= 4 is 29.1 Å². The van der Waals surface area contributed by atoms with Crippen LogP contribution in [-0.4, -0.2) is 17.7 Å². The van der Waals surface area contributed by atoms with Gasteiger partial charge in [0.05, 0.1) is 16.8 Å². The van der Waals surface area contributed by atoms with Gasteiger partial charge in [-0.1, -0.05) is 28.4 Å². The molecule has 2 rings (SSSR count). The Morgan fingerprint density at radius 1 is 1.47 bits per heavy atom. The topological polar surface area (TPSA) is 90.4 Å². The Balaban J connectivity index is 2.38. The molecule has 1 aromatic heterocycles. The number of ether oxygens (including phenoxy) is 1. The molecule has 0 aliphatic carbocycles. The van der Waals surface area contributed by atoms with E-state index in [-0.39, 0.29) is 17.4 Å². The third-order valence-electron chi connectivity index (χ3n) is 2.22. The summed E-state index contributed by atoms with van der Waals surface area (Å²) in [5.41, 5.74) is 2.45. The number of halogens is 2. The SMILES string of the molecule is NNC(=O)COc1c(Cl)cc(Cl)cc1-c1ccno1. The number of rotatable bonds is 4. The van der Waals surface area contributed by atoms with Crippen LogP contribution in [0.15, 0.2) is 28.9 Å². The molecule has 6 nitrogen and oxygen atoms in total. The molecular formula is C11H9Cl2N3O3. The van der Waals surface area contributed by atoms with Crippen molar-refractivity contribution in [3.63, 3.8) is 0 Å². The Labute approximate surface area is 118 Å². The maximum atomic E-state index is 11.1. The van der Waals surface area contributed by atoms with Gasteiger partial charge in [-0.25, -0.2) is 5.84 Å². The number of carbonyl (C=O) groups excluding carboxylic acids is 1. The predicted octanol–water partition coefficient (Wildman–Crippen LogP) is 2.02. The summed E-state index contributed by atoms with van der Waals surface area (Å²) in [6.07, 6.45) is 1.47. The van der Waals surface area contributed by atoms with Crippen LogP contribution in [0.2, 0.25) is 10.0 Å². The van der Waals surface area contributed by atoms with E-state index in [1.54, 1.807) is 12.1 Å². The molecule has 8 heteroatoms. The zero-order chi connectivity index (χ0) is 13.8. The first-order valence-electron chi connectivity index (χ1n) is 5.14. The van der Waals surface area contributed by atoms with E-state index in [0.717, 1.165) is 0 Å². The van der Waals surface area contributed by atoms with Crippen molar-refractivity contribution in [2.45, 2.75) is 0 Å².